The predicted octanol–water partition coefficient (Wildman–Crippen LogP) is 2.09. The minimum atomic E-state index is -1.31. The van der Waals surface area contributed by atoms with Gasteiger partial charge in [-0.15, -0.1) is 0 Å². The quantitative estimate of drug-likeness (QED) is 0.468. The summed E-state index contributed by atoms with van der Waals surface area (Å²) in [4.78, 5) is 10.6. The molecule has 0 aliphatic heterocycles. The first kappa shape index (κ1) is 14.8. The van der Waals surface area contributed by atoms with Gasteiger partial charge < -0.3 is 5.32 Å². The van der Waals surface area contributed by atoms with Crippen LogP contribution in [0, 0.1) is 10.1 Å². The van der Waals surface area contributed by atoms with Gasteiger partial charge >= 0.3 is 0 Å². The second-order valence-corrected chi connectivity index (χ2v) is 5.78. The molecule has 0 spiro atoms. The molecule has 5 nitrogen and oxygen atoms in total. The Hall–Kier alpha value is -1.27. The van der Waals surface area contributed by atoms with Crippen molar-refractivity contribution in [3.63, 3.8) is 0 Å². The number of nitro groups is 1. The van der Waals surface area contributed by atoms with E-state index in [-0.39, 0.29) is 5.69 Å². The number of nitrogens with zero attached hydrogens (tertiary/aromatic N) is 1. The third kappa shape index (κ3) is 4.54. The summed E-state index contributed by atoms with van der Waals surface area (Å²) in [6.45, 7) is 4.85. The molecule has 1 unspecified atom stereocenters. The van der Waals surface area contributed by atoms with Gasteiger partial charge in [-0.3, -0.25) is 14.3 Å². The van der Waals surface area contributed by atoms with E-state index in [4.69, 9.17) is 0 Å². The van der Waals surface area contributed by atoms with E-state index in [0.29, 0.717) is 16.7 Å². The van der Waals surface area contributed by atoms with Crippen LogP contribution < -0.4 is 5.32 Å². The number of nitrogens with one attached hydrogen (secondary N) is 1. The average molecular weight is 270 g/mol. The molecule has 6 heteroatoms. The molecule has 18 heavy (non-hydrogen) atoms. The second-order valence-electron chi connectivity index (χ2n) is 4.24. The van der Waals surface area contributed by atoms with E-state index in [1.807, 2.05) is 13.8 Å². The normalized spacial score (nSPS) is 12.6. The number of benzene rings is 1. The Balaban J connectivity index is 2.59. The van der Waals surface area contributed by atoms with Crippen molar-refractivity contribution in [2.24, 2.45) is 0 Å². The number of para-hydroxylation sites is 1. The molecule has 0 aromatic heterocycles. The van der Waals surface area contributed by atoms with Gasteiger partial charge in [-0.2, -0.15) is 0 Å². The predicted molar refractivity (Wildman–Crippen MR) is 72.1 cm³/mol. The molecule has 0 aliphatic rings. The van der Waals surface area contributed by atoms with Gasteiger partial charge in [0.15, 0.2) is 0 Å². The highest BCUT2D eigenvalue weighted by atomic mass is 32.2. The van der Waals surface area contributed by atoms with E-state index >= 15 is 0 Å². The molecule has 0 fully saturated rings. The topological polar surface area (TPSA) is 72.2 Å². The van der Waals surface area contributed by atoms with E-state index in [0.717, 1.165) is 13.0 Å². The minimum Gasteiger partial charge on any atom is -0.315 e. The first-order valence-electron chi connectivity index (χ1n) is 5.87. The fourth-order valence-electron chi connectivity index (χ4n) is 1.50. The molecule has 1 aromatic carbocycles. The van der Waals surface area contributed by atoms with E-state index < -0.39 is 15.7 Å². The third-order valence-electron chi connectivity index (χ3n) is 2.37. The van der Waals surface area contributed by atoms with Gasteiger partial charge in [-0.1, -0.05) is 26.0 Å². The van der Waals surface area contributed by atoms with Crippen LogP contribution in [-0.2, 0) is 10.8 Å². The Morgan fingerprint density at radius 3 is 2.67 bits per heavy atom. The molecular formula is C12H18N2O3S. The van der Waals surface area contributed by atoms with E-state index in [1.165, 1.54) is 6.07 Å². The largest absolute Gasteiger partial charge is 0.315 e. The smallest absolute Gasteiger partial charge is 0.285 e. The second kappa shape index (κ2) is 7.23. The average Bonchev–Trinajstić information content (AvgIpc) is 2.34. The first-order chi connectivity index (χ1) is 8.52. The Kier molecular flexibility index (Phi) is 5.94. The van der Waals surface area contributed by atoms with Crippen molar-refractivity contribution < 1.29 is 9.13 Å². The van der Waals surface area contributed by atoms with Gasteiger partial charge in [0.1, 0.15) is 4.90 Å². The number of hydrogen-bond donors (Lipinski definition) is 1. The molecule has 0 radical (unpaired) electrons. The Morgan fingerprint density at radius 1 is 1.39 bits per heavy atom. The van der Waals surface area contributed by atoms with Crippen LogP contribution in [0.3, 0.4) is 0 Å². The Morgan fingerprint density at radius 2 is 2.06 bits per heavy atom. The zero-order valence-corrected chi connectivity index (χ0v) is 11.4. The van der Waals surface area contributed by atoms with Crippen LogP contribution in [0.5, 0.6) is 0 Å². The standard InChI is InChI=1S/C12H18N2O3S/c1-10(2)13-8-5-9-18(17)12-7-4-3-6-11(12)14(15)16/h3-4,6-7,10,13H,5,8-9H2,1-2H3. The van der Waals surface area contributed by atoms with Crippen LogP contribution in [0.1, 0.15) is 20.3 Å². The van der Waals surface area contributed by atoms with E-state index in [2.05, 4.69) is 5.32 Å². The van der Waals surface area contributed by atoms with Crippen molar-refractivity contribution in [1.82, 2.24) is 5.32 Å². The van der Waals surface area contributed by atoms with Crippen LogP contribution in [0.15, 0.2) is 29.2 Å². The summed E-state index contributed by atoms with van der Waals surface area (Å²) >= 11 is 0. The van der Waals surface area contributed by atoms with Crippen LogP contribution in [0.25, 0.3) is 0 Å². The number of hydrogen-bond acceptors (Lipinski definition) is 4. The maximum Gasteiger partial charge on any atom is 0.285 e. The van der Waals surface area contributed by atoms with Crippen molar-refractivity contribution in [3.8, 4) is 0 Å². The molecule has 0 saturated heterocycles. The third-order valence-corrected chi connectivity index (χ3v) is 3.86. The van der Waals surface area contributed by atoms with Gasteiger partial charge in [-0.05, 0) is 19.0 Å². The Labute approximate surface area is 109 Å². The van der Waals surface area contributed by atoms with Crippen molar-refractivity contribution in [2.75, 3.05) is 12.3 Å². The first-order valence-corrected chi connectivity index (χ1v) is 7.19. The summed E-state index contributed by atoms with van der Waals surface area (Å²) < 4.78 is 12.0. The van der Waals surface area contributed by atoms with E-state index in [9.17, 15) is 14.3 Å². The number of nitro benzene ring substituents is 1. The molecule has 1 aromatic rings. The van der Waals surface area contributed by atoms with Gasteiger partial charge in [0, 0.05) is 17.9 Å². The highest BCUT2D eigenvalue weighted by Gasteiger charge is 2.17. The summed E-state index contributed by atoms with van der Waals surface area (Å²) in [6, 6.07) is 6.60. The molecule has 0 amide bonds. The van der Waals surface area contributed by atoms with Crippen LogP contribution in [-0.4, -0.2) is 27.5 Å². The molecule has 0 bridgehead atoms. The SMILES string of the molecule is CC(C)NCCCS(=O)c1ccccc1[N+](=O)[O-]. The molecule has 1 rings (SSSR count). The maximum atomic E-state index is 12.0. The highest BCUT2D eigenvalue weighted by molar-refractivity contribution is 7.85. The molecule has 0 saturated carbocycles. The summed E-state index contributed by atoms with van der Waals surface area (Å²) in [6.07, 6.45) is 0.733. The van der Waals surface area contributed by atoms with Crippen LogP contribution in [0.4, 0.5) is 5.69 Å². The summed E-state index contributed by atoms with van der Waals surface area (Å²) in [7, 11) is -1.31. The van der Waals surface area contributed by atoms with Crippen molar-refractivity contribution in [1.29, 1.82) is 0 Å². The molecule has 100 valence electrons. The lowest BCUT2D eigenvalue weighted by Gasteiger charge is -2.07. The lowest BCUT2D eigenvalue weighted by molar-refractivity contribution is -0.387. The summed E-state index contributed by atoms with van der Waals surface area (Å²) in [5.74, 6) is 0.435. The molecule has 0 heterocycles. The summed E-state index contributed by atoms with van der Waals surface area (Å²) in [5, 5.41) is 14.0. The molecule has 1 atom stereocenters. The lowest BCUT2D eigenvalue weighted by atomic mass is 10.3. The fourth-order valence-corrected chi connectivity index (χ4v) is 2.74. The summed E-state index contributed by atoms with van der Waals surface area (Å²) in [5.41, 5.74) is -0.0624. The van der Waals surface area contributed by atoms with Crippen molar-refractivity contribution >= 4 is 16.5 Å². The zero-order valence-electron chi connectivity index (χ0n) is 10.6. The van der Waals surface area contributed by atoms with Crippen LogP contribution >= 0.6 is 0 Å². The van der Waals surface area contributed by atoms with Crippen LogP contribution in [0.2, 0.25) is 0 Å². The molecule has 1 N–H and O–H groups in total. The van der Waals surface area contributed by atoms with Crippen molar-refractivity contribution in [3.05, 3.63) is 34.4 Å². The van der Waals surface area contributed by atoms with Crippen molar-refractivity contribution in [2.45, 2.75) is 31.2 Å². The fraction of sp³-hybridized carbons (Fsp3) is 0.500. The van der Waals surface area contributed by atoms with Gasteiger partial charge in [0.2, 0.25) is 0 Å². The Bertz CT molecular complexity index is 435. The maximum absolute atomic E-state index is 12.0. The highest BCUT2D eigenvalue weighted by Crippen LogP contribution is 2.21. The molecular weight excluding hydrogens is 252 g/mol. The van der Waals surface area contributed by atoms with Gasteiger partial charge in [0.05, 0.1) is 15.7 Å². The monoisotopic (exact) mass is 270 g/mol. The minimum absolute atomic E-state index is 0.0624. The number of rotatable bonds is 7. The van der Waals surface area contributed by atoms with E-state index in [1.54, 1.807) is 18.2 Å². The molecule has 0 aliphatic carbocycles. The van der Waals surface area contributed by atoms with Gasteiger partial charge in [-0.25, -0.2) is 0 Å². The lowest BCUT2D eigenvalue weighted by Crippen LogP contribution is -2.24. The van der Waals surface area contributed by atoms with Gasteiger partial charge in [0.25, 0.3) is 5.69 Å². The zero-order chi connectivity index (χ0) is 13.5.